The number of aryl methyl sites for hydroxylation is 1. The first-order valence-electron chi connectivity index (χ1n) is 7.48. The number of hydrogen-bond acceptors (Lipinski definition) is 6. The fourth-order valence-electron chi connectivity index (χ4n) is 2.02. The number of hydrogen-bond donors (Lipinski definition) is 3. The van der Waals surface area contributed by atoms with Gasteiger partial charge in [-0.25, -0.2) is 9.59 Å². The molecule has 0 aliphatic rings. The Balaban J connectivity index is 1.75. The van der Waals surface area contributed by atoms with Crippen molar-refractivity contribution in [2.75, 3.05) is 6.61 Å². The predicted molar refractivity (Wildman–Crippen MR) is 86.5 cm³/mol. The average Bonchev–Trinajstić information content (AvgIpc) is 3.00. The van der Waals surface area contributed by atoms with Gasteiger partial charge in [-0.2, -0.15) is 0 Å². The molecule has 0 saturated carbocycles. The molecule has 0 atom stereocenters. The molecule has 8 heteroatoms. The summed E-state index contributed by atoms with van der Waals surface area (Å²) in [6, 6.07) is 9.83. The van der Waals surface area contributed by atoms with Gasteiger partial charge in [-0.15, -0.1) is 0 Å². The van der Waals surface area contributed by atoms with Crippen molar-refractivity contribution < 1.29 is 28.6 Å². The fourth-order valence-corrected chi connectivity index (χ4v) is 2.02. The highest BCUT2D eigenvalue weighted by Crippen LogP contribution is 2.15. The highest BCUT2D eigenvalue weighted by Gasteiger charge is 2.18. The van der Waals surface area contributed by atoms with Crippen molar-refractivity contribution in [3.8, 4) is 0 Å². The number of urea groups is 1. The molecule has 0 spiro atoms. The number of furan rings is 1. The van der Waals surface area contributed by atoms with Crippen molar-refractivity contribution in [3.05, 3.63) is 59.0 Å². The van der Waals surface area contributed by atoms with Crippen LogP contribution in [0.4, 0.5) is 4.79 Å². The van der Waals surface area contributed by atoms with Gasteiger partial charge in [0.2, 0.25) is 0 Å². The zero-order valence-corrected chi connectivity index (χ0v) is 13.6. The van der Waals surface area contributed by atoms with Crippen LogP contribution < -0.4 is 10.6 Å². The van der Waals surface area contributed by atoms with Crippen molar-refractivity contribution in [1.29, 1.82) is 0 Å². The summed E-state index contributed by atoms with van der Waals surface area (Å²) in [4.78, 5) is 35.1. The molecule has 25 heavy (non-hydrogen) atoms. The number of benzene rings is 1. The van der Waals surface area contributed by atoms with Crippen LogP contribution in [0.3, 0.4) is 0 Å². The molecule has 2 aromatic rings. The zero-order chi connectivity index (χ0) is 18.2. The summed E-state index contributed by atoms with van der Waals surface area (Å²) in [7, 11) is 0. The highest BCUT2D eigenvalue weighted by molar-refractivity contribution is 5.97. The van der Waals surface area contributed by atoms with Crippen molar-refractivity contribution >= 4 is 17.9 Å². The summed E-state index contributed by atoms with van der Waals surface area (Å²) in [5, 5.41) is 13.5. The maximum absolute atomic E-state index is 11.9. The number of esters is 1. The minimum absolute atomic E-state index is 0.116. The van der Waals surface area contributed by atoms with Gasteiger partial charge in [0.15, 0.2) is 6.61 Å². The van der Waals surface area contributed by atoms with E-state index in [1.54, 1.807) is 0 Å². The van der Waals surface area contributed by atoms with Crippen LogP contribution >= 0.6 is 0 Å². The lowest BCUT2D eigenvalue weighted by molar-refractivity contribution is -0.123. The largest absolute Gasteiger partial charge is 0.463 e. The van der Waals surface area contributed by atoms with Crippen molar-refractivity contribution in [2.45, 2.75) is 20.1 Å². The van der Waals surface area contributed by atoms with Gasteiger partial charge in [-0.1, -0.05) is 30.3 Å². The van der Waals surface area contributed by atoms with E-state index in [0.717, 1.165) is 5.56 Å². The Morgan fingerprint density at radius 3 is 2.56 bits per heavy atom. The lowest BCUT2D eigenvalue weighted by Crippen LogP contribution is -2.41. The van der Waals surface area contributed by atoms with Gasteiger partial charge in [0.25, 0.3) is 5.91 Å². The van der Waals surface area contributed by atoms with Crippen LogP contribution in [0.25, 0.3) is 0 Å². The van der Waals surface area contributed by atoms with Crippen LogP contribution in [0.15, 0.2) is 40.8 Å². The molecular formula is C17H18N2O6. The van der Waals surface area contributed by atoms with Gasteiger partial charge in [-0.05, 0) is 18.6 Å². The van der Waals surface area contributed by atoms with Crippen LogP contribution in [0.5, 0.6) is 0 Å². The van der Waals surface area contributed by atoms with Crippen molar-refractivity contribution in [1.82, 2.24) is 10.6 Å². The Morgan fingerprint density at radius 1 is 1.20 bits per heavy atom. The number of ether oxygens (including phenoxy) is 1. The first-order chi connectivity index (χ1) is 12.0. The molecule has 8 nitrogen and oxygen atoms in total. The fraction of sp³-hybridized carbons (Fsp3) is 0.235. The van der Waals surface area contributed by atoms with Crippen LogP contribution in [-0.2, 0) is 22.7 Å². The Kier molecular flexibility index (Phi) is 6.30. The maximum Gasteiger partial charge on any atom is 0.342 e. The average molecular weight is 346 g/mol. The second-order valence-electron chi connectivity index (χ2n) is 5.13. The summed E-state index contributed by atoms with van der Waals surface area (Å²) in [5.74, 6) is -1.05. The van der Waals surface area contributed by atoms with Gasteiger partial charge >= 0.3 is 12.0 Å². The smallest absolute Gasteiger partial charge is 0.342 e. The first-order valence-corrected chi connectivity index (χ1v) is 7.48. The molecule has 1 aromatic heterocycles. The second kappa shape index (κ2) is 8.65. The van der Waals surface area contributed by atoms with Gasteiger partial charge in [0.05, 0.1) is 0 Å². The molecule has 0 aliphatic carbocycles. The van der Waals surface area contributed by atoms with Gasteiger partial charge in [-0.3, -0.25) is 10.1 Å². The van der Waals surface area contributed by atoms with E-state index in [9.17, 15) is 14.4 Å². The summed E-state index contributed by atoms with van der Waals surface area (Å²) in [5.41, 5.74) is 0.997. The number of amides is 3. The molecule has 0 fully saturated rings. The quantitative estimate of drug-likeness (QED) is 0.678. The topological polar surface area (TPSA) is 118 Å². The van der Waals surface area contributed by atoms with E-state index >= 15 is 0 Å². The molecule has 0 saturated heterocycles. The number of rotatable bonds is 6. The van der Waals surface area contributed by atoms with E-state index in [-0.39, 0.29) is 30.2 Å². The molecule has 0 radical (unpaired) electrons. The van der Waals surface area contributed by atoms with Crippen molar-refractivity contribution in [3.63, 3.8) is 0 Å². The van der Waals surface area contributed by atoms with E-state index < -0.39 is 24.5 Å². The zero-order valence-electron chi connectivity index (χ0n) is 13.6. The highest BCUT2D eigenvalue weighted by atomic mass is 16.5. The number of aliphatic hydroxyl groups excluding tert-OH is 1. The second-order valence-corrected chi connectivity index (χ2v) is 5.13. The lowest BCUT2D eigenvalue weighted by Gasteiger charge is -2.07. The SMILES string of the molecule is Cc1oc(CO)cc1C(=O)OCC(=O)NC(=O)NCc1ccccc1. The van der Waals surface area contributed by atoms with E-state index in [2.05, 4.69) is 10.6 Å². The minimum atomic E-state index is -0.777. The van der Waals surface area contributed by atoms with E-state index in [4.69, 9.17) is 14.3 Å². The summed E-state index contributed by atoms with van der Waals surface area (Å²) < 4.78 is 9.93. The summed E-state index contributed by atoms with van der Waals surface area (Å²) in [6.07, 6.45) is 0. The molecule has 3 amide bonds. The van der Waals surface area contributed by atoms with Crippen LogP contribution in [0, 0.1) is 6.92 Å². The Labute approximate surface area is 143 Å². The minimum Gasteiger partial charge on any atom is -0.463 e. The first kappa shape index (κ1) is 18.2. The Bertz CT molecular complexity index is 754. The molecule has 2 rings (SSSR count). The van der Waals surface area contributed by atoms with E-state index in [0.29, 0.717) is 0 Å². The molecule has 132 valence electrons. The molecular weight excluding hydrogens is 328 g/mol. The molecule has 1 aromatic carbocycles. The third kappa shape index (κ3) is 5.47. The standard InChI is InChI=1S/C17H18N2O6/c1-11-14(7-13(9-20)25-11)16(22)24-10-15(21)19-17(23)18-8-12-5-3-2-4-6-12/h2-7,20H,8-10H2,1H3,(H2,18,19,21,23). The number of imide groups is 1. The van der Waals surface area contributed by atoms with Crippen molar-refractivity contribution in [2.24, 2.45) is 0 Å². The Morgan fingerprint density at radius 2 is 1.92 bits per heavy atom. The monoisotopic (exact) mass is 346 g/mol. The van der Waals surface area contributed by atoms with Crippen LogP contribution in [0.1, 0.15) is 27.4 Å². The van der Waals surface area contributed by atoms with E-state index in [1.165, 1.54) is 13.0 Å². The number of aliphatic hydroxyl groups is 1. The van der Waals surface area contributed by atoms with Gasteiger partial charge in [0, 0.05) is 6.54 Å². The van der Waals surface area contributed by atoms with Crippen LogP contribution in [-0.4, -0.2) is 29.6 Å². The molecule has 0 bridgehead atoms. The Hall–Kier alpha value is -3.13. The molecule has 0 aliphatic heterocycles. The number of carbonyl (C=O) groups excluding carboxylic acids is 3. The third-order valence-electron chi connectivity index (χ3n) is 3.23. The molecule has 3 N–H and O–H groups in total. The third-order valence-corrected chi connectivity index (χ3v) is 3.23. The normalized spacial score (nSPS) is 10.2. The number of nitrogens with one attached hydrogen (secondary N) is 2. The summed E-state index contributed by atoms with van der Waals surface area (Å²) in [6.45, 7) is 0.831. The van der Waals surface area contributed by atoms with E-state index in [1.807, 2.05) is 30.3 Å². The molecule has 1 heterocycles. The predicted octanol–water partition coefficient (Wildman–Crippen LogP) is 1.26. The summed E-state index contributed by atoms with van der Waals surface area (Å²) >= 11 is 0. The number of carbonyl (C=O) groups is 3. The van der Waals surface area contributed by atoms with Crippen LogP contribution in [0.2, 0.25) is 0 Å². The lowest BCUT2D eigenvalue weighted by atomic mass is 10.2. The van der Waals surface area contributed by atoms with Gasteiger partial charge < -0.3 is 19.6 Å². The maximum atomic E-state index is 11.9. The van der Waals surface area contributed by atoms with Gasteiger partial charge in [0.1, 0.15) is 23.7 Å². The molecule has 0 unspecified atom stereocenters.